The van der Waals surface area contributed by atoms with E-state index in [9.17, 15) is 0 Å². The van der Waals surface area contributed by atoms with E-state index in [1.54, 1.807) is 0 Å². The van der Waals surface area contributed by atoms with Crippen LogP contribution >= 0.6 is 0 Å². The summed E-state index contributed by atoms with van der Waals surface area (Å²) in [6, 6.07) is 0. The molecule has 1 atom stereocenters. The molecule has 0 nitrogen and oxygen atoms in total. The summed E-state index contributed by atoms with van der Waals surface area (Å²) in [5.41, 5.74) is 4.65. The number of hydrogen-bond donors (Lipinski definition) is 0. The average molecular weight is 699 g/mol. The molecule has 0 heterocycles. The summed E-state index contributed by atoms with van der Waals surface area (Å²) in [6.07, 6.45) is 60.0. The lowest BCUT2D eigenvalue weighted by molar-refractivity contribution is 0.165. The van der Waals surface area contributed by atoms with Gasteiger partial charge in [-0.1, -0.05) is 258 Å². The van der Waals surface area contributed by atoms with Gasteiger partial charge in [0, 0.05) is 0 Å². The lowest BCUT2D eigenvalue weighted by Gasteiger charge is -2.40. The summed E-state index contributed by atoms with van der Waals surface area (Å²) < 4.78 is 0. The minimum Gasteiger partial charge on any atom is -0.0701 e. The third-order valence-corrected chi connectivity index (χ3v) is 13.0. The van der Waals surface area contributed by atoms with Crippen LogP contribution in [-0.2, 0) is 0 Å². The number of rotatable bonds is 40. The topological polar surface area (TPSA) is 0 Å². The molecule has 298 valence electrons. The van der Waals surface area contributed by atoms with Crippen molar-refractivity contribution in [1.82, 2.24) is 0 Å². The third kappa shape index (κ3) is 23.4. The highest BCUT2D eigenvalue weighted by atomic mass is 14.5. The lowest BCUT2D eigenvalue weighted by atomic mass is 9.64. The first-order chi connectivity index (χ1) is 24.7. The molecule has 0 N–H and O–H groups in total. The summed E-state index contributed by atoms with van der Waals surface area (Å²) in [5.74, 6) is 0.956. The Labute approximate surface area is 319 Å². The maximum Gasteiger partial charge on any atom is -0.00541 e. The zero-order valence-corrected chi connectivity index (χ0v) is 36.1. The Kier molecular flexibility index (Phi) is 34.2. The Morgan fingerprint density at radius 2 is 0.640 bits per heavy atom. The molecule has 1 unspecified atom stereocenters. The van der Waals surface area contributed by atoms with E-state index in [4.69, 9.17) is 0 Å². The molecule has 0 saturated carbocycles. The Balaban J connectivity index is 3.17. The number of hydrogen-bond acceptors (Lipinski definition) is 0. The molecule has 0 amide bonds. The molecular weight excluding hydrogens is 601 g/mol. The quantitative estimate of drug-likeness (QED) is 0.0441. The number of unbranched alkanes of at least 4 members (excludes halogenated alkanes) is 30. The molecule has 0 aromatic rings. The molecule has 0 fully saturated rings. The van der Waals surface area contributed by atoms with Gasteiger partial charge in [0.2, 0.25) is 0 Å². The fourth-order valence-corrected chi connectivity index (χ4v) is 9.80. The lowest BCUT2D eigenvalue weighted by Crippen LogP contribution is -2.29. The standard InChI is InChI=1S/C50H98/c1-6-11-16-21-26-31-36-41-47-46-48(42-37-32-27-22-17-12-7-2)50(44-39-34-29-24-19-14-9-4,45-40-35-30-25-20-15-10-5)49(47)43-38-33-28-23-18-13-8-3/h48H,6-46H2,1-5H3. The van der Waals surface area contributed by atoms with Gasteiger partial charge in [0.05, 0.1) is 0 Å². The van der Waals surface area contributed by atoms with Gasteiger partial charge in [-0.3, -0.25) is 0 Å². The van der Waals surface area contributed by atoms with Crippen LogP contribution in [0.4, 0.5) is 0 Å². The van der Waals surface area contributed by atoms with E-state index in [1.165, 1.54) is 263 Å². The van der Waals surface area contributed by atoms with Crippen molar-refractivity contribution in [2.45, 2.75) is 298 Å². The van der Waals surface area contributed by atoms with Crippen LogP contribution in [0.25, 0.3) is 0 Å². The van der Waals surface area contributed by atoms with Gasteiger partial charge in [0.15, 0.2) is 0 Å². The maximum atomic E-state index is 2.36. The molecule has 0 saturated heterocycles. The van der Waals surface area contributed by atoms with Gasteiger partial charge in [0.1, 0.15) is 0 Å². The van der Waals surface area contributed by atoms with Gasteiger partial charge >= 0.3 is 0 Å². The predicted molar refractivity (Wildman–Crippen MR) is 231 cm³/mol. The van der Waals surface area contributed by atoms with E-state index < -0.39 is 0 Å². The van der Waals surface area contributed by atoms with Crippen LogP contribution in [0.1, 0.15) is 298 Å². The summed E-state index contributed by atoms with van der Waals surface area (Å²) in [6.45, 7) is 11.8. The van der Waals surface area contributed by atoms with Crippen molar-refractivity contribution in [2.75, 3.05) is 0 Å². The molecule has 1 aliphatic carbocycles. The molecule has 0 bridgehead atoms. The first-order valence-corrected chi connectivity index (χ1v) is 24.4. The monoisotopic (exact) mass is 699 g/mol. The minimum atomic E-state index is 0.549. The second-order valence-corrected chi connectivity index (χ2v) is 17.5. The van der Waals surface area contributed by atoms with Crippen molar-refractivity contribution < 1.29 is 0 Å². The highest BCUT2D eigenvalue weighted by Gasteiger charge is 2.45. The van der Waals surface area contributed by atoms with Crippen molar-refractivity contribution in [3.8, 4) is 0 Å². The van der Waals surface area contributed by atoms with Crippen molar-refractivity contribution in [3.05, 3.63) is 11.1 Å². The molecule has 1 rings (SSSR count). The second kappa shape index (κ2) is 35.8. The van der Waals surface area contributed by atoms with E-state index in [0.29, 0.717) is 5.41 Å². The molecule has 0 heteroatoms. The van der Waals surface area contributed by atoms with E-state index in [-0.39, 0.29) is 0 Å². The van der Waals surface area contributed by atoms with Gasteiger partial charge in [-0.15, -0.1) is 0 Å². The molecular formula is C50H98. The summed E-state index contributed by atoms with van der Waals surface area (Å²) in [4.78, 5) is 0. The normalized spacial score (nSPS) is 15.9. The van der Waals surface area contributed by atoms with Gasteiger partial charge in [-0.05, 0) is 62.7 Å². The fourth-order valence-electron chi connectivity index (χ4n) is 9.80. The van der Waals surface area contributed by atoms with Gasteiger partial charge in [-0.2, -0.15) is 0 Å². The Bertz CT molecular complexity index is 696. The van der Waals surface area contributed by atoms with E-state index in [1.807, 2.05) is 5.57 Å². The van der Waals surface area contributed by atoms with Crippen molar-refractivity contribution in [1.29, 1.82) is 0 Å². The smallest absolute Gasteiger partial charge is 0.00541 e. The molecule has 0 aliphatic heterocycles. The molecule has 0 radical (unpaired) electrons. The summed E-state index contributed by atoms with van der Waals surface area (Å²) >= 11 is 0. The maximum absolute atomic E-state index is 2.36. The van der Waals surface area contributed by atoms with E-state index >= 15 is 0 Å². The highest BCUT2D eigenvalue weighted by molar-refractivity contribution is 5.31. The van der Waals surface area contributed by atoms with Crippen LogP contribution in [0.5, 0.6) is 0 Å². The summed E-state index contributed by atoms with van der Waals surface area (Å²) in [5, 5.41) is 0. The minimum absolute atomic E-state index is 0.549. The molecule has 0 aromatic carbocycles. The first-order valence-electron chi connectivity index (χ1n) is 24.4. The average Bonchev–Trinajstić information content (AvgIpc) is 3.40. The van der Waals surface area contributed by atoms with E-state index in [0.717, 1.165) is 5.92 Å². The SMILES string of the molecule is CCCCCCCCCC1=C(CCCCCCCCC)C(CCCCCCCCC)(CCCCCCCCC)C(CCCCCCCCC)C1. The molecule has 0 aromatic heterocycles. The van der Waals surface area contributed by atoms with Crippen LogP contribution in [0, 0.1) is 11.3 Å². The van der Waals surface area contributed by atoms with Crippen LogP contribution in [0.2, 0.25) is 0 Å². The summed E-state index contributed by atoms with van der Waals surface area (Å²) in [7, 11) is 0. The van der Waals surface area contributed by atoms with Crippen LogP contribution in [0.15, 0.2) is 11.1 Å². The molecule has 0 spiro atoms. The largest absolute Gasteiger partial charge is 0.0701 e. The van der Waals surface area contributed by atoms with E-state index in [2.05, 4.69) is 40.2 Å². The predicted octanol–water partition coefficient (Wildman–Crippen LogP) is 19.0. The zero-order chi connectivity index (χ0) is 36.2. The molecule has 50 heavy (non-hydrogen) atoms. The first kappa shape index (κ1) is 47.8. The molecule has 1 aliphatic rings. The van der Waals surface area contributed by atoms with Crippen LogP contribution in [0.3, 0.4) is 0 Å². The second-order valence-electron chi connectivity index (χ2n) is 17.5. The number of allylic oxidation sites excluding steroid dienone is 2. The van der Waals surface area contributed by atoms with Crippen LogP contribution < -0.4 is 0 Å². The highest BCUT2D eigenvalue weighted by Crippen LogP contribution is 2.58. The Morgan fingerprint density at radius 1 is 0.340 bits per heavy atom. The Morgan fingerprint density at radius 3 is 1.02 bits per heavy atom. The zero-order valence-electron chi connectivity index (χ0n) is 36.1. The van der Waals surface area contributed by atoms with Gasteiger partial charge < -0.3 is 0 Å². The van der Waals surface area contributed by atoms with Crippen molar-refractivity contribution in [3.63, 3.8) is 0 Å². The van der Waals surface area contributed by atoms with Gasteiger partial charge in [-0.25, -0.2) is 0 Å². The van der Waals surface area contributed by atoms with Crippen molar-refractivity contribution in [2.24, 2.45) is 11.3 Å². The van der Waals surface area contributed by atoms with Gasteiger partial charge in [0.25, 0.3) is 0 Å². The third-order valence-electron chi connectivity index (χ3n) is 13.0. The van der Waals surface area contributed by atoms with Crippen LogP contribution in [-0.4, -0.2) is 0 Å². The Hall–Kier alpha value is -0.260. The van der Waals surface area contributed by atoms with Crippen molar-refractivity contribution >= 4 is 0 Å². The fraction of sp³-hybridized carbons (Fsp3) is 0.960.